The second-order valence-electron chi connectivity index (χ2n) is 9.69. The van der Waals surface area contributed by atoms with Gasteiger partial charge in [-0.05, 0) is 62.6 Å². The van der Waals surface area contributed by atoms with Crippen LogP contribution in [0.15, 0.2) is 18.5 Å². The molecule has 1 heterocycles. The summed E-state index contributed by atoms with van der Waals surface area (Å²) < 4.78 is 11.9. The third-order valence-corrected chi connectivity index (χ3v) is 7.63. The summed E-state index contributed by atoms with van der Waals surface area (Å²) in [7, 11) is 1.73. The van der Waals surface area contributed by atoms with Gasteiger partial charge in [-0.25, -0.2) is 9.97 Å². The van der Waals surface area contributed by atoms with Gasteiger partial charge in [-0.1, -0.05) is 12.8 Å². The van der Waals surface area contributed by atoms with Crippen molar-refractivity contribution in [1.29, 1.82) is 0 Å². The highest BCUT2D eigenvalue weighted by Gasteiger charge is 2.44. The second kappa shape index (κ2) is 8.87. The Bertz CT molecular complexity index is 965. The van der Waals surface area contributed by atoms with E-state index in [-0.39, 0.29) is 11.5 Å². The van der Waals surface area contributed by atoms with Crippen molar-refractivity contribution >= 4 is 11.5 Å². The van der Waals surface area contributed by atoms with E-state index in [0.29, 0.717) is 18.5 Å². The molecule has 2 saturated carbocycles. The average Bonchev–Trinajstić information content (AvgIpc) is 3.25. The topological polar surface area (TPSA) is 108 Å². The minimum absolute atomic E-state index is 0.0155. The molecule has 7 nitrogen and oxygen atoms in total. The number of hydrogen-bond acceptors (Lipinski definition) is 7. The van der Waals surface area contributed by atoms with Gasteiger partial charge in [0.15, 0.2) is 0 Å². The van der Waals surface area contributed by atoms with E-state index < -0.39 is 0 Å². The first-order chi connectivity index (χ1) is 15.6. The maximum Gasteiger partial charge on any atom is 0.143 e. The minimum Gasteiger partial charge on any atom is -0.488 e. The van der Waals surface area contributed by atoms with Crippen LogP contribution in [0.25, 0.3) is 11.3 Å². The minimum atomic E-state index is 0.0155. The molecule has 1 aromatic carbocycles. The Labute approximate surface area is 190 Å². The zero-order valence-corrected chi connectivity index (χ0v) is 19.0. The van der Waals surface area contributed by atoms with Crippen molar-refractivity contribution in [1.82, 2.24) is 9.97 Å². The fourth-order valence-electron chi connectivity index (χ4n) is 6.02. The van der Waals surface area contributed by atoms with Crippen molar-refractivity contribution in [2.45, 2.75) is 75.3 Å². The predicted molar refractivity (Wildman–Crippen MR) is 127 cm³/mol. The molecule has 2 fully saturated rings. The Kier molecular flexibility index (Phi) is 5.95. The number of methoxy groups -OCH3 is 1. The number of aromatic nitrogens is 2. The van der Waals surface area contributed by atoms with Gasteiger partial charge in [0, 0.05) is 36.2 Å². The van der Waals surface area contributed by atoms with Gasteiger partial charge in [-0.15, -0.1) is 0 Å². The molecule has 0 unspecified atom stereocenters. The fourth-order valence-corrected chi connectivity index (χ4v) is 6.02. The molecule has 2 aromatic rings. The monoisotopic (exact) mass is 437 g/mol. The number of ether oxygens (including phenoxy) is 2. The summed E-state index contributed by atoms with van der Waals surface area (Å²) in [5.41, 5.74) is 18.2. The van der Waals surface area contributed by atoms with Crippen LogP contribution in [-0.2, 0) is 16.6 Å². The van der Waals surface area contributed by atoms with Crippen LogP contribution < -0.4 is 21.5 Å². The van der Waals surface area contributed by atoms with E-state index in [1.807, 2.05) is 0 Å². The molecule has 0 bridgehead atoms. The summed E-state index contributed by atoms with van der Waals surface area (Å²) >= 11 is 0. The van der Waals surface area contributed by atoms with Gasteiger partial charge < -0.3 is 26.3 Å². The Balaban J connectivity index is 1.58. The van der Waals surface area contributed by atoms with Crippen LogP contribution in [0.5, 0.6) is 5.75 Å². The van der Waals surface area contributed by atoms with Gasteiger partial charge in [0.25, 0.3) is 0 Å². The van der Waals surface area contributed by atoms with Crippen LogP contribution in [0.2, 0.25) is 0 Å². The molecule has 3 aliphatic rings. The van der Waals surface area contributed by atoms with Gasteiger partial charge in [-0.2, -0.15) is 0 Å². The number of nitrogens with two attached hydrogens (primary N) is 2. The number of hydrogen-bond donors (Lipinski definition) is 3. The summed E-state index contributed by atoms with van der Waals surface area (Å²) in [4.78, 5) is 9.10. The van der Waals surface area contributed by atoms with Crippen LogP contribution in [0.4, 0.5) is 11.5 Å². The zero-order valence-electron chi connectivity index (χ0n) is 19.0. The van der Waals surface area contributed by atoms with Crippen LogP contribution in [0.3, 0.4) is 0 Å². The molecule has 1 aromatic heterocycles. The summed E-state index contributed by atoms with van der Waals surface area (Å²) in [6, 6.07) is 4.56. The highest BCUT2D eigenvalue weighted by molar-refractivity contribution is 5.83. The summed E-state index contributed by atoms with van der Waals surface area (Å²) in [6.45, 7) is 1.36. The first-order valence-electron chi connectivity index (χ1n) is 12.0. The van der Waals surface area contributed by atoms with Crippen molar-refractivity contribution in [3.05, 3.63) is 29.6 Å². The number of rotatable bonds is 6. The molecule has 0 atom stereocenters. The van der Waals surface area contributed by atoms with Crippen LogP contribution >= 0.6 is 0 Å². The van der Waals surface area contributed by atoms with Gasteiger partial charge >= 0.3 is 0 Å². The maximum absolute atomic E-state index is 6.58. The third kappa shape index (κ3) is 3.82. The van der Waals surface area contributed by atoms with Crippen molar-refractivity contribution in [3.63, 3.8) is 0 Å². The molecule has 0 saturated heterocycles. The highest BCUT2D eigenvalue weighted by Crippen LogP contribution is 2.54. The highest BCUT2D eigenvalue weighted by atomic mass is 16.5. The Morgan fingerprint density at radius 3 is 2.66 bits per heavy atom. The smallest absolute Gasteiger partial charge is 0.143 e. The lowest BCUT2D eigenvalue weighted by Gasteiger charge is -2.38. The van der Waals surface area contributed by atoms with E-state index in [1.165, 1.54) is 18.4 Å². The van der Waals surface area contributed by atoms with E-state index in [4.69, 9.17) is 25.9 Å². The van der Waals surface area contributed by atoms with E-state index in [0.717, 1.165) is 79.7 Å². The third-order valence-electron chi connectivity index (χ3n) is 7.63. The van der Waals surface area contributed by atoms with Gasteiger partial charge in [0.05, 0.1) is 24.1 Å². The molecule has 5 rings (SSSR count). The maximum atomic E-state index is 6.58. The quantitative estimate of drug-likeness (QED) is 0.590. The standard InChI is InChI=1S/C25H35N5O2/c1-31-13-12-28-22-19-14-25(10-2-3-11-25)21-23(29-15-30-24(21)27)18(19)8-9-20(22)32-17-6-4-16(26)5-7-17/h8-9,15-17,28H,2-7,10-14,26H2,1H3,(H2,27,29,30)/t16-,17+. The predicted octanol–water partition coefficient (Wildman–Crippen LogP) is 3.80. The molecular formula is C25H35N5O2. The molecular weight excluding hydrogens is 402 g/mol. The number of nitrogens with one attached hydrogen (secondary N) is 1. The molecule has 5 N–H and O–H groups in total. The zero-order chi connectivity index (χ0) is 22.1. The normalized spacial score (nSPS) is 23.6. The Morgan fingerprint density at radius 2 is 1.91 bits per heavy atom. The molecule has 0 aliphatic heterocycles. The Morgan fingerprint density at radius 1 is 1.12 bits per heavy atom. The number of fused-ring (bicyclic) bond motifs is 4. The SMILES string of the molecule is COCCNc1c(O[C@H]2CC[C@@H](N)CC2)ccc2c1CC1(CCCC1)c1c(N)ncnc1-2. The fraction of sp³-hybridized carbons (Fsp3) is 0.600. The first kappa shape index (κ1) is 21.5. The molecule has 1 spiro atoms. The second-order valence-corrected chi connectivity index (χ2v) is 9.69. The number of nitrogens with zero attached hydrogens (tertiary/aromatic N) is 2. The van der Waals surface area contributed by atoms with E-state index in [2.05, 4.69) is 22.4 Å². The van der Waals surface area contributed by atoms with E-state index in [9.17, 15) is 0 Å². The molecule has 32 heavy (non-hydrogen) atoms. The van der Waals surface area contributed by atoms with E-state index >= 15 is 0 Å². The number of nitrogen functional groups attached to an aromatic ring is 1. The Hall–Kier alpha value is -2.38. The number of anilines is 2. The first-order valence-corrected chi connectivity index (χ1v) is 12.0. The lowest BCUT2D eigenvalue weighted by atomic mass is 9.67. The van der Waals surface area contributed by atoms with Crippen LogP contribution in [-0.4, -0.2) is 42.4 Å². The van der Waals surface area contributed by atoms with Crippen molar-refractivity contribution in [2.24, 2.45) is 5.73 Å². The van der Waals surface area contributed by atoms with Gasteiger partial charge in [0.2, 0.25) is 0 Å². The lowest BCUT2D eigenvalue weighted by molar-refractivity contribution is 0.147. The molecule has 172 valence electrons. The van der Waals surface area contributed by atoms with E-state index in [1.54, 1.807) is 13.4 Å². The summed E-state index contributed by atoms with van der Waals surface area (Å²) in [6.07, 6.45) is 11.5. The van der Waals surface area contributed by atoms with Gasteiger partial charge in [0.1, 0.15) is 17.9 Å². The molecule has 0 radical (unpaired) electrons. The summed E-state index contributed by atoms with van der Waals surface area (Å²) in [5, 5.41) is 3.64. The molecule has 0 amide bonds. The van der Waals surface area contributed by atoms with Crippen molar-refractivity contribution in [2.75, 3.05) is 31.3 Å². The molecule has 3 aliphatic carbocycles. The van der Waals surface area contributed by atoms with Crippen molar-refractivity contribution in [3.8, 4) is 17.0 Å². The van der Waals surface area contributed by atoms with Crippen LogP contribution in [0, 0.1) is 0 Å². The van der Waals surface area contributed by atoms with Crippen molar-refractivity contribution < 1.29 is 9.47 Å². The largest absolute Gasteiger partial charge is 0.488 e. The van der Waals surface area contributed by atoms with Crippen LogP contribution in [0.1, 0.15) is 62.5 Å². The average molecular weight is 438 g/mol. The lowest BCUT2D eigenvalue weighted by Crippen LogP contribution is -2.33. The van der Waals surface area contributed by atoms with Gasteiger partial charge in [-0.3, -0.25) is 0 Å². The molecule has 7 heteroatoms. The number of benzene rings is 1. The summed E-state index contributed by atoms with van der Waals surface area (Å²) in [5.74, 6) is 1.56.